The van der Waals surface area contributed by atoms with Crippen LogP contribution in [-0.2, 0) is 30.8 Å². The second kappa shape index (κ2) is 13.1. The van der Waals surface area contributed by atoms with Gasteiger partial charge in [0, 0.05) is 34.8 Å². The molecule has 12 nitrogen and oxygen atoms in total. The molecule has 3 aromatic carbocycles. The summed E-state index contributed by atoms with van der Waals surface area (Å²) in [4.78, 5) is 73.6. The summed E-state index contributed by atoms with van der Waals surface area (Å²) in [5.41, 5.74) is -0.436. The molecule has 2 N–H and O–H groups in total. The fourth-order valence-electron chi connectivity index (χ4n) is 8.87. The van der Waals surface area contributed by atoms with E-state index in [4.69, 9.17) is 23.2 Å². The van der Waals surface area contributed by atoms with Crippen molar-refractivity contribution < 1.29 is 46.8 Å². The molecule has 3 fully saturated rings. The SMILES string of the molecule is O=C1[C@@H]2C[C@@H]3C(=CC[C@@H]4C(=O)N(c5ccc([N+](=O)[O-])cc5)C(=O)[C@@H]43)[C@H](c3cccc(F)c3O)[C@]2(c2ccc(Cl)cc2)C(=O)N1Nc1ncc(C(F)(F)F)cc1Cl. The highest BCUT2D eigenvalue weighted by Crippen LogP contribution is 2.65. The van der Waals surface area contributed by atoms with Crippen LogP contribution in [0.25, 0.3) is 0 Å². The number of amides is 4. The first-order valence-corrected chi connectivity index (χ1v) is 17.7. The number of alkyl halides is 3. The van der Waals surface area contributed by atoms with Gasteiger partial charge in [0.1, 0.15) is 0 Å². The lowest BCUT2D eigenvalue weighted by Crippen LogP contribution is -2.53. The maximum absolute atomic E-state index is 15.3. The Morgan fingerprint density at radius 2 is 1.64 bits per heavy atom. The van der Waals surface area contributed by atoms with Crippen LogP contribution in [0.1, 0.15) is 35.4 Å². The van der Waals surface area contributed by atoms with Crippen LogP contribution in [0.4, 0.5) is 34.8 Å². The molecule has 2 saturated heterocycles. The number of anilines is 2. The number of nitro benzene ring substituents is 1. The van der Waals surface area contributed by atoms with E-state index in [1.165, 1.54) is 48.5 Å². The maximum Gasteiger partial charge on any atom is 0.417 e. The first kappa shape index (κ1) is 37.1. The van der Waals surface area contributed by atoms with Crippen molar-refractivity contribution in [1.29, 1.82) is 0 Å². The van der Waals surface area contributed by atoms with Gasteiger partial charge in [-0.1, -0.05) is 59.1 Å². The predicted octanol–water partition coefficient (Wildman–Crippen LogP) is 7.35. The van der Waals surface area contributed by atoms with Crippen LogP contribution in [0.5, 0.6) is 5.75 Å². The number of phenols is 1. The van der Waals surface area contributed by atoms with E-state index in [2.05, 4.69) is 10.4 Å². The number of imide groups is 2. The number of pyridine rings is 1. The summed E-state index contributed by atoms with van der Waals surface area (Å²) in [6.07, 6.45) is -2.95. The van der Waals surface area contributed by atoms with E-state index in [0.29, 0.717) is 22.8 Å². The number of nitro groups is 1. The molecule has 2 aliphatic heterocycles. The number of phenolic OH excluding ortho intramolecular Hbond substituents is 1. The van der Waals surface area contributed by atoms with E-state index in [0.717, 1.165) is 23.1 Å². The molecule has 2 aliphatic carbocycles. The molecular formula is C38H25Cl2F4N5O7. The smallest absolute Gasteiger partial charge is 0.417 e. The number of carbonyl (C=O) groups excluding carboxylic acids is 4. The van der Waals surface area contributed by atoms with Gasteiger partial charge in [-0.2, -0.15) is 18.2 Å². The average molecular weight is 811 g/mol. The van der Waals surface area contributed by atoms with Crippen LogP contribution in [-0.4, -0.2) is 43.7 Å². The Hall–Kier alpha value is -5.87. The third kappa shape index (κ3) is 5.44. The van der Waals surface area contributed by atoms with Crippen LogP contribution < -0.4 is 10.3 Å². The number of hydrogen-bond donors (Lipinski definition) is 2. The number of fused-ring (bicyclic) bond motifs is 4. The number of nitrogens with zero attached hydrogens (tertiary/aromatic N) is 4. The van der Waals surface area contributed by atoms with Gasteiger partial charge in [0.15, 0.2) is 17.4 Å². The molecule has 0 bridgehead atoms. The lowest BCUT2D eigenvalue weighted by atomic mass is 9.49. The minimum Gasteiger partial charge on any atom is -0.505 e. The lowest BCUT2D eigenvalue weighted by molar-refractivity contribution is -0.384. The van der Waals surface area contributed by atoms with Gasteiger partial charge in [-0.05, 0) is 60.7 Å². The number of hydrogen-bond acceptors (Lipinski definition) is 9. The molecule has 1 saturated carbocycles. The second-order valence-electron chi connectivity index (χ2n) is 13.9. The van der Waals surface area contributed by atoms with E-state index in [9.17, 15) is 42.8 Å². The van der Waals surface area contributed by atoms with Crippen molar-refractivity contribution in [3.63, 3.8) is 0 Å². The fraction of sp³-hybridized carbons (Fsp3) is 0.237. The van der Waals surface area contributed by atoms with Gasteiger partial charge >= 0.3 is 6.18 Å². The first-order valence-electron chi connectivity index (χ1n) is 17.0. The zero-order valence-corrected chi connectivity index (χ0v) is 29.8. The molecule has 4 amide bonds. The molecular weight excluding hydrogens is 785 g/mol. The zero-order chi connectivity index (χ0) is 40.0. The lowest BCUT2D eigenvalue weighted by Gasteiger charge is -2.50. The quantitative estimate of drug-likeness (QED) is 0.0667. The minimum atomic E-state index is -4.81. The Labute approximate surface area is 323 Å². The van der Waals surface area contributed by atoms with Crippen molar-refractivity contribution >= 4 is 64.0 Å². The number of nitrogens with one attached hydrogen (secondary N) is 1. The number of benzene rings is 3. The normalized spacial score (nSPS) is 25.8. The summed E-state index contributed by atoms with van der Waals surface area (Å²) in [6.45, 7) is 0. The van der Waals surface area contributed by atoms with Crippen molar-refractivity contribution in [3.8, 4) is 5.75 Å². The van der Waals surface area contributed by atoms with Gasteiger partial charge in [0.2, 0.25) is 11.8 Å². The van der Waals surface area contributed by atoms with E-state index >= 15 is 9.18 Å². The predicted molar refractivity (Wildman–Crippen MR) is 191 cm³/mol. The second-order valence-corrected chi connectivity index (χ2v) is 14.7. The topological polar surface area (TPSA) is 163 Å². The van der Waals surface area contributed by atoms with Gasteiger partial charge < -0.3 is 5.11 Å². The molecule has 8 rings (SSSR count). The molecule has 4 aromatic rings. The highest BCUT2D eigenvalue weighted by molar-refractivity contribution is 6.33. The summed E-state index contributed by atoms with van der Waals surface area (Å²) >= 11 is 12.4. The molecule has 0 unspecified atom stereocenters. The molecule has 6 atom stereocenters. The van der Waals surface area contributed by atoms with Gasteiger partial charge in [-0.25, -0.2) is 9.37 Å². The number of carbonyl (C=O) groups is 4. The number of allylic oxidation sites excluding steroid dienone is 2. The van der Waals surface area contributed by atoms with Gasteiger partial charge in [-0.3, -0.25) is 39.6 Å². The van der Waals surface area contributed by atoms with Gasteiger partial charge in [0.05, 0.1) is 44.4 Å². The molecule has 0 radical (unpaired) electrons. The minimum absolute atomic E-state index is 0.0340. The number of aromatic nitrogens is 1. The Kier molecular flexibility index (Phi) is 8.69. The van der Waals surface area contributed by atoms with Crippen LogP contribution in [0, 0.1) is 39.6 Å². The fourth-order valence-corrected chi connectivity index (χ4v) is 9.20. The molecule has 0 spiro atoms. The zero-order valence-electron chi connectivity index (χ0n) is 28.3. The number of aromatic hydroxyl groups is 1. The van der Waals surface area contributed by atoms with Gasteiger partial charge in [0.25, 0.3) is 17.5 Å². The van der Waals surface area contributed by atoms with Crippen molar-refractivity contribution in [1.82, 2.24) is 9.99 Å². The Morgan fingerprint density at radius 1 is 0.946 bits per heavy atom. The standard InChI is InChI=1S/C38H25Cl2F4N5O7/c39-19-6-4-17(5-7-19)37-26(34(52)48(36(37)54)46-32-27(40)14-18(16-45-32)38(42,43)44)15-25-22(30(37)24-2-1-3-28(41)31(24)50)12-13-23-29(25)35(53)47(33(23)51)20-8-10-21(11-9-20)49(55)56/h1-12,14,16,23,25-26,29-30,50H,13,15H2,(H,45,46)/t23-,25+,26-,29-,30+,37+/m0/s1. The number of hydrazine groups is 1. The van der Waals surface area contributed by atoms with Gasteiger partial charge in [-0.15, -0.1) is 0 Å². The third-order valence-corrected chi connectivity index (χ3v) is 11.7. The first-order chi connectivity index (χ1) is 26.5. The highest BCUT2D eigenvalue weighted by Gasteiger charge is 2.71. The Bertz CT molecular complexity index is 2410. The summed E-state index contributed by atoms with van der Waals surface area (Å²) in [6, 6.07) is 15.0. The molecule has 56 heavy (non-hydrogen) atoms. The van der Waals surface area contributed by atoms with E-state index in [1.54, 1.807) is 6.08 Å². The Balaban J connectivity index is 1.30. The number of para-hydroxylation sites is 1. The Morgan fingerprint density at radius 3 is 2.29 bits per heavy atom. The van der Waals surface area contributed by atoms with E-state index in [-0.39, 0.29) is 40.4 Å². The number of rotatable bonds is 6. The molecule has 1 aromatic heterocycles. The summed E-state index contributed by atoms with van der Waals surface area (Å²) < 4.78 is 55.6. The summed E-state index contributed by atoms with van der Waals surface area (Å²) in [5.74, 6) is -11.3. The number of halogens is 6. The molecule has 3 heterocycles. The molecule has 18 heteroatoms. The summed E-state index contributed by atoms with van der Waals surface area (Å²) in [7, 11) is 0. The van der Waals surface area contributed by atoms with Crippen molar-refractivity contribution in [2.24, 2.45) is 23.7 Å². The van der Waals surface area contributed by atoms with E-state index < -0.39 is 97.7 Å². The maximum atomic E-state index is 15.3. The monoisotopic (exact) mass is 809 g/mol. The van der Waals surface area contributed by atoms with Crippen LogP contribution in [0.15, 0.2) is 90.6 Å². The van der Waals surface area contributed by atoms with Crippen LogP contribution in [0.3, 0.4) is 0 Å². The van der Waals surface area contributed by atoms with Crippen molar-refractivity contribution in [3.05, 3.63) is 133 Å². The van der Waals surface area contributed by atoms with Crippen LogP contribution in [0.2, 0.25) is 10.0 Å². The van der Waals surface area contributed by atoms with Crippen molar-refractivity contribution in [2.45, 2.75) is 30.4 Å². The van der Waals surface area contributed by atoms with E-state index in [1.807, 2.05) is 0 Å². The highest BCUT2D eigenvalue weighted by atomic mass is 35.5. The molecule has 4 aliphatic rings. The van der Waals surface area contributed by atoms with Crippen LogP contribution >= 0.6 is 23.2 Å². The van der Waals surface area contributed by atoms with Crippen molar-refractivity contribution in [2.75, 3.05) is 10.3 Å². The molecule has 286 valence electrons. The summed E-state index contributed by atoms with van der Waals surface area (Å²) in [5, 5.41) is 22.9. The third-order valence-electron chi connectivity index (χ3n) is 11.2. The largest absolute Gasteiger partial charge is 0.505 e. The number of non-ortho nitro benzene ring substituents is 1. The average Bonchev–Trinajstić information content (AvgIpc) is 3.54.